The van der Waals surface area contributed by atoms with Crippen LogP contribution in [0.2, 0.25) is 0 Å². The van der Waals surface area contributed by atoms with Crippen molar-refractivity contribution in [2.75, 3.05) is 5.73 Å². The van der Waals surface area contributed by atoms with Gasteiger partial charge in [0.1, 0.15) is 0 Å². The summed E-state index contributed by atoms with van der Waals surface area (Å²) in [5.41, 5.74) is 17.2. The predicted molar refractivity (Wildman–Crippen MR) is 118 cm³/mol. The molecule has 1 unspecified atom stereocenters. The molecule has 2 nitrogen and oxygen atoms in total. The van der Waals surface area contributed by atoms with Crippen LogP contribution in [0.15, 0.2) is 12.1 Å². The van der Waals surface area contributed by atoms with Gasteiger partial charge < -0.3 is 11.5 Å². The smallest absolute Gasteiger partial charge is 0.0373 e. The lowest BCUT2D eigenvalue weighted by Crippen LogP contribution is -2.25. The summed E-state index contributed by atoms with van der Waals surface area (Å²) < 4.78 is 0. The Morgan fingerprint density at radius 3 is 1.81 bits per heavy atom. The summed E-state index contributed by atoms with van der Waals surface area (Å²) in [5.74, 6) is 0.618. The first kappa shape index (κ1) is 23.0. The molecule has 1 aromatic rings. The Bertz CT molecular complexity index is 508. The van der Waals surface area contributed by atoms with Crippen molar-refractivity contribution < 1.29 is 0 Å². The molecule has 0 aliphatic carbocycles. The van der Waals surface area contributed by atoms with Crippen LogP contribution in [-0.2, 0) is 5.41 Å². The van der Waals surface area contributed by atoms with Crippen LogP contribution in [0.4, 0.5) is 5.69 Å². The molecular weight excluding hydrogens is 316 g/mol. The number of nitrogens with two attached hydrogens (primary N) is 2. The Labute approximate surface area is 163 Å². The molecule has 0 aliphatic heterocycles. The predicted octanol–water partition coefficient (Wildman–Crippen LogP) is 6.66. The third-order valence-electron chi connectivity index (χ3n) is 6.07. The average molecular weight is 361 g/mol. The highest BCUT2D eigenvalue weighted by Crippen LogP contribution is 2.32. The lowest BCUT2D eigenvalue weighted by molar-refractivity contribution is 0.430. The summed E-state index contributed by atoms with van der Waals surface area (Å²) in [4.78, 5) is 0. The molecule has 1 atom stereocenters. The van der Waals surface area contributed by atoms with E-state index in [1.54, 1.807) is 0 Å². The molecule has 0 saturated carbocycles. The molecule has 0 aromatic heterocycles. The molecule has 0 aliphatic rings. The maximum absolute atomic E-state index is 6.11. The van der Waals surface area contributed by atoms with Gasteiger partial charge in [0.25, 0.3) is 0 Å². The quantitative estimate of drug-likeness (QED) is 0.323. The number of rotatable bonds is 12. The van der Waals surface area contributed by atoms with E-state index in [4.69, 9.17) is 11.5 Å². The van der Waals surface area contributed by atoms with Crippen LogP contribution in [-0.4, -0.2) is 6.04 Å². The molecule has 1 aromatic carbocycles. The zero-order valence-electron chi connectivity index (χ0n) is 18.3. The number of hydrogen-bond donors (Lipinski definition) is 2. The first-order valence-electron chi connectivity index (χ1n) is 10.8. The summed E-state index contributed by atoms with van der Waals surface area (Å²) in [6.07, 6.45) is 11.8. The van der Waals surface area contributed by atoms with Crippen LogP contribution in [0, 0.1) is 19.8 Å². The standard InChI is InChI=1S/C24H44N2/c1-18(2)22(25)14-12-10-8-7-9-11-13-15-24(5,6)21-16-19(3)23(26)20(4)17-21/h16-18,22H,7-15,25-26H2,1-6H3. The summed E-state index contributed by atoms with van der Waals surface area (Å²) in [7, 11) is 0. The molecule has 2 heteroatoms. The molecule has 150 valence electrons. The molecule has 4 N–H and O–H groups in total. The van der Waals surface area contributed by atoms with Crippen molar-refractivity contribution >= 4 is 5.69 Å². The van der Waals surface area contributed by atoms with E-state index < -0.39 is 0 Å². The highest BCUT2D eigenvalue weighted by atomic mass is 14.6. The lowest BCUT2D eigenvalue weighted by Gasteiger charge is -2.27. The summed E-state index contributed by atoms with van der Waals surface area (Å²) in [6, 6.07) is 4.95. The van der Waals surface area contributed by atoms with Crippen molar-refractivity contribution in [1.82, 2.24) is 0 Å². The minimum absolute atomic E-state index is 0.232. The van der Waals surface area contributed by atoms with Crippen molar-refractivity contribution in [3.63, 3.8) is 0 Å². The maximum atomic E-state index is 6.11. The maximum Gasteiger partial charge on any atom is 0.0373 e. The minimum atomic E-state index is 0.232. The van der Waals surface area contributed by atoms with Gasteiger partial charge in [-0.15, -0.1) is 0 Å². The van der Waals surface area contributed by atoms with E-state index in [9.17, 15) is 0 Å². The van der Waals surface area contributed by atoms with Crippen LogP contribution in [0.3, 0.4) is 0 Å². The van der Waals surface area contributed by atoms with E-state index in [1.807, 2.05) is 0 Å². The Morgan fingerprint density at radius 2 is 1.31 bits per heavy atom. The average Bonchev–Trinajstić information content (AvgIpc) is 2.57. The van der Waals surface area contributed by atoms with Crippen molar-refractivity contribution in [1.29, 1.82) is 0 Å². The summed E-state index contributed by atoms with van der Waals surface area (Å²) in [5, 5.41) is 0. The van der Waals surface area contributed by atoms with Crippen LogP contribution < -0.4 is 11.5 Å². The molecule has 0 bridgehead atoms. The van der Waals surface area contributed by atoms with Gasteiger partial charge in [0.2, 0.25) is 0 Å². The van der Waals surface area contributed by atoms with Gasteiger partial charge >= 0.3 is 0 Å². The van der Waals surface area contributed by atoms with E-state index in [-0.39, 0.29) is 5.41 Å². The van der Waals surface area contributed by atoms with Gasteiger partial charge in [-0.25, -0.2) is 0 Å². The zero-order chi connectivity index (χ0) is 19.7. The van der Waals surface area contributed by atoms with Crippen LogP contribution >= 0.6 is 0 Å². The topological polar surface area (TPSA) is 52.0 Å². The van der Waals surface area contributed by atoms with E-state index in [2.05, 4.69) is 53.7 Å². The summed E-state index contributed by atoms with van der Waals surface area (Å²) >= 11 is 0. The number of anilines is 1. The molecule has 0 spiro atoms. The van der Waals surface area contributed by atoms with E-state index in [0.29, 0.717) is 12.0 Å². The number of unbranched alkanes of at least 4 members (excludes halogenated alkanes) is 6. The Morgan fingerprint density at radius 1 is 0.846 bits per heavy atom. The molecular formula is C24H44N2. The number of aryl methyl sites for hydroxylation is 2. The first-order valence-corrected chi connectivity index (χ1v) is 10.8. The fourth-order valence-corrected chi connectivity index (χ4v) is 3.67. The fourth-order valence-electron chi connectivity index (χ4n) is 3.67. The second-order valence-corrected chi connectivity index (χ2v) is 9.33. The van der Waals surface area contributed by atoms with Gasteiger partial charge in [0.05, 0.1) is 0 Å². The zero-order valence-corrected chi connectivity index (χ0v) is 18.3. The van der Waals surface area contributed by atoms with Crippen molar-refractivity contribution in [2.45, 2.75) is 111 Å². The first-order chi connectivity index (χ1) is 12.1. The lowest BCUT2D eigenvalue weighted by atomic mass is 9.78. The van der Waals surface area contributed by atoms with Gasteiger partial charge in [-0.2, -0.15) is 0 Å². The molecule has 0 heterocycles. The van der Waals surface area contributed by atoms with Crippen molar-refractivity contribution in [3.05, 3.63) is 28.8 Å². The minimum Gasteiger partial charge on any atom is -0.398 e. The summed E-state index contributed by atoms with van der Waals surface area (Å²) in [6.45, 7) is 13.4. The van der Waals surface area contributed by atoms with Gasteiger partial charge in [0, 0.05) is 11.7 Å². The van der Waals surface area contributed by atoms with Gasteiger partial charge in [-0.3, -0.25) is 0 Å². The Balaban J connectivity index is 2.21. The normalized spacial score (nSPS) is 13.4. The van der Waals surface area contributed by atoms with E-state index >= 15 is 0 Å². The highest BCUT2D eigenvalue weighted by Gasteiger charge is 2.21. The number of benzene rings is 1. The molecule has 0 radical (unpaired) electrons. The molecule has 1 rings (SSSR count). The second kappa shape index (κ2) is 11.0. The monoisotopic (exact) mass is 360 g/mol. The van der Waals surface area contributed by atoms with Crippen LogP contribution in [0.1, 0.15) is 102 Å². The Kier molecular flexibility index (Phi) is 9.71. The molecule has 26 heavy (non-hydrogen) atoms. The second-order valence-electron chi connectivity index (χ2n) is 9.33. The van der Waals surface area contributed by atoms with Gasteiger partial charge in [0.15, 0.2) is 0 Å². The third kappa shape index (κ3) is 7.70. The van der Waals surface area contributed by atoms with Gasteiger partial charge in [-0.1, -0.05) is 84.8 Å². The number of hydrogen-bond acceptors (Lipinski definition) is 2. The third-order valence-corrected chi connectivity index (χ3v) is 6.07. The Hall–Kier alpha value is -1.02. The largest absolute Gasteiger partial charge is 0.398 e. The van der Waals surface area contributed by atoms with E-state index in [0.717, 1.165) is 5.69 Å². The molecule has 0 amide bonds. The number of nitrogen functional groups attached to an aromatic ring is 1. The van der Waals surface area contributed by atoms with Crippen LogP contribution in [0.5, 0.6) is 0 Å². The fraction of sp³-hybridized carbons (Fsp3) is 0.750. The van der Waals surface area contributed by atoms with Crippen molar-refractivity contribution in [3.8, 4) is 0 Å². The van der Waals surface area contributed by atoms with Crippen LogP contribution in [0.25, 0.3) is 0 Å². The van der Waals surface area contributed by atoms with Gasteiger partial charge in [-0.05, 0) is 54.7 Å². The SMILES string of the molecule is Cc1cc(C(C)(C)CCCCCCCCCC(N)C(C)C)cc(C)c1N. The highest BCUT2D eigenvalue weighted by molar-refractivity contribution is 5.55. The molecule has 0 fully saturated rings. The van der Waals surface area contributed by atoms with E-state index in [1.165, 1.54) is 74.5 Å². The van der Waals surface area contributed by atoms with Crippen molar-refractivity contribution in [2.24, 2.45) is 11.7 Å². The molecule has 0 saturated heterocycles.